The van der Waals surface area contributed by atoms with Crippen molar-refractivity contribution in [3.8, 4) is 6.07 Å². The predicted octanol–water partition coefficient (Wildman–Crippen LogP) is 2.29. The van der Waals surface area contributed by atoms with Crippen LogP contribution in [0, 0.1) is 11.3 Å². The van der Waals surface area contributed by atoms with Gasteiger partial charge in [-0.1, -0.05) is 12.1 Å². The minimum absolute atomic E-state index is 0.251. The number of benzene rings is 1. The second kappa shape index (κ2) is 10.7. The molecule has 1 fully saturated rings. The van der Waals surface area contributed by atoms with E-state index in [2.05, 4.69) is 11.4 Å². The Morgan fingerprint density at radius 2 is 1.68 bits per heavy atom. The number of carbonyl (C=O) groups excluding carboxylic acids is 3. The van der Waals surface area contributed by atoms with Crippen LogP contribution in [-0.4, -0.2) is 72.3 Å². The molecule has 1 aromatic rings. The van der Waals surface area contributed by atoms with Crippen molar-refractivity contribution < 1.29 is 23.9 Å². The molecule has 31 heavy (non-hydrogen) atoms. The third-order valence-corrected chi connectivity index (χ3v) is 4.63. The topological polar surface area (TPSA) is 112 Å². The maximum atomic E-state index is 13.2. The summed E-state index contributed by atoms with van der Waals surface area (Å²) in [5, 5.41) is 11.6. The van der Waals surface area contributed by atoms with Crippen LogP contribution in [0.3, 0.4) is 0 Å². The van der Waals surface area contributed by atoms with Gasteiger partial charge in [-0.3, -0.25) is 4.79 Å². The second-order valence-corrected chi connectivity index (χ2v) is 8.22. The second-order valence-electron chi connectivity index (χ2n) is 8.22. The van der Waals surface area contributed by atoms with E-state index in [1.165, 1.54) is 0 Å². The van der Waals surface area contributed by atoms with E-state index in [1.54, 1.807) is 61.8 Å². The van der Waals surface area contributed by atoms with Crippen LogP contribution in [0.2, 0.25) is 0 Å². The summed E-state index contributed by atoms with van der Waals surface area (Å²) < 4.78 is 10.3. The number of piperazine rings is 1. The summed E-state index contributed by atoms with van der Waals surface area (Å²) in [6.45, 7) is 8.70. The molecule has 0 saturated carbocycles. The summed E-state index contributed by atoms with van der Waals surface area (Å²) in [7, 11) is 0. The van der Waals surface area contributed by atoms with E-state index in [0.29, 0.717) is 38.3 Å². The van der Waals surface area contributed by atoms with E-state index < -0.39 is 23.8 Å². The molecular weight excluding hydrogens is 400 g/mol. The Kier molecular flexibility index (Phi) is 8.25. The Bertz CT molecular complexity index is 818. The first-order valence-electron chi connectivity index (χ1n) is 10.3. The zero-order valence-electron chi connectivity index (χ0n) is 18.5. The molecule has 1 aliphatic heterocycles. The van der Waals surface area contributed by atoms with Crippen molar-refractivity contribution in [3.05, 3.63) is 35.4 Å². The summed E-state index contributed by atoms with van der Waals surface area (Å²) >= 11 is 0. The van der Waals surface area contributed by atoms with Crippen molar-refractivity contribution in [2.45, 2.75) is 45.8 Å². The molecule has 1 heterocycles. The lowest BCUT2D eigenvalue weighted by atomic mass is 10.0. The van der Waals surface area contributed by atoms with Crippen LogP contribution in [0.1, 0.15) is 38.8 Å². The van der Waals surface area contributed by atoms with Gasteiger partial charge >= 0.3 is 12.2 Å². The predicted molar refractivity (Wildman–Crippen MR) is 113 cm³/mol. The number of alkyl carbamates (subject to hydrolysis) is 1. The highest BCUT2D eigenvalue weighted by Crippen LogP contribution is 2.13. The van der Waals surface area contributed by atoms with Crippen molar-refractivity contribution >= 4 is 18.1 Å². The van der Waals surface area contributed by atoms with E-state index >= 15 is 0 Å². The minimum Gasteiger partial charge on any atom is -0.450 e. The summed E-state index contributed by atoms with van der Waals surface area (Å²) in [6, 6.07) is 8.07. The molecule has 0 radical (unpaired) electrons. The highest BCUT2D eigenvalue weighted by Gasteiger charge is 2.31. The average Bonchev–Trinajstić information content (AvgIpc) is 2.72. The maximum Gasteiger partial charge on any atom is 0.409 e. The largest absolute Gasteiger partial charge is 0.450 e. The van der Waals surface area contributed by atoms with Crippen LogP contribution in [0.25, 0.3) is 0 Å². The first-order valence-corrected chi connectivity index (χ1v) is 10.3. The van der Waals surface area contributed by atoms with Gasteiger partial charge < -0.3 is 24.6 Å². The third kappa shape index (κ3) is 7.48. The molecule has 168 valence electrons. The summed E-state index contributed by atoms with van der Waals surface area (Å²) in [5.41, 5.74) is 0.623. The van der Waals surface area contributed by atoms with Crippen LogP contribution in [-0.2, 0) is 20.7 Å². The van der Waals surface area contributed by atoms with Gasteiger partial charge in [-0.2, -0.15) is 5.26 Å². The zero-order valence-corrected chi connectivity index (χ0v) is 18.5. The lowest BCUT2D eigenvalue weighted by molar-refractivity contribution is -0.135. The molecule has 0 bridgehead atoms. The molecule has 0 aliphatic carbocycles. The van der Waals surface area contributed by atoms with Crippen LogP contribution >= 0.6 is 0 Å². The van der Waals surface area contributed by atoms with E-state index in [0.717, 1.165) is 5.56 Å². The monoisotopic (exact) mass is 430 g/mol. The van der Waals surface area contributed by atoms with Gasteiger partial charge in [0.25, 0.3) is 0 Å². The Labute approximate surface area is 182 Å². The molecule has 1 N–H and O–H groups in total. The average molecular weight is 431 g/mol. The highest BCUT2D eigenvalue weighted by atomic mass is 16.6. The number of nitrogens with zero attached hydrogens (tertiary/aromatic N) is 3. The molecule has 2 rings (SSSR count). The number of hydrogen-bond acceptors (Lipinski definition) is 6. The Balaban J connectivity index is 2.09. The van der Waals surface area contributed by atoms with Gasteiger partial charge in [0, 0.05) is 32.6 Å². The molecule has 3 amide bonds. The smallest absolute Gasteiger partial charge is 0.409 e. The number of amides is 3. The standard InChI is InChI=1S/C22H30N4O5/c1-5-30-21(29)26-12-10-25(11-13-26)19(27)18(24-20(28)31-22(2,3)4)14-16-6-8-17(15-23)9-7-16/h6-9,18H,5,10-14H2,1-4H3,(H,24,28). The number of rotatable bonds is 5. The third-order valence-electron chi connectivity index (χ3n) is 4.63. The van der Waals surface area contributed by atoms with Crippen LogP contribution in [0.5, 0.6) is 0 Å². The fraction of sp³-hybridized carbons (Fsp3) is 0.545. The number of ether oxygens (including phenoxy) is 2. The van der Waals surface area contributed by atoms with Gasteiger partial charge in [-0.15, -0.1) is 0 Å². The number of nitriles is 1. The fourth-order valence-electron chi connectivity index (χ4n) is 3.15. The quantitative estimate of drug-likeness (QED) is 0.767. The lowest BCUT2D eigenvalue weighted by Gasteiger charge is -2.36. The number of carbonyl (C=O) groups is 3. The Hall–Kier alpha value is -3.28. The Morgan fingerprint density at radius 3 is 2.19 bits per heavy atom. The van der Waals surface area contributed by atoms with Crippen LogP contribution < -0.4 is 5.32 Å². The van der Waals surface area contributed by atoms with E-state index in [-0.39, 0.29) is 12.3 Å². The van der Waals surface area contributed by atoms with Crippen LogP contribution in [0.4, 0.5) is 9.59 Å². The van der Waals surface area contributed by atoms with Gasteiger partial charge in [0.2, 0.25) is 5.91 Å². The first kappa shape index (κ1) is 24.0. The molecule has 1 unspecified atom stereocenters. The van der Waals surface area contributed by atoms with Gasteiger partial charge in [0.1, 0.15) is 11.6 Å². The molecule has 1 atom stereocenters. The van der Waals surface area contributed by atoms with Crippen LogP contribution in [0.15, 0.2) is 24.3 Å². The zero-order chi connectivity index (χ0) is 23.0. The van der Waals surface area contributed by atoms with Crippen molar-refractivity contribution in [2.24, 2.45) is 0 Å². The van der Waals surface area contributed by atoms with Gasteiger partial charge in [-0.25, -0.2) is 9.59 Å². The lowest BCUT2D eigenvalue weighted by Crippen LogP contribution is -2.56. The van der Waals surface area contributed by atoms with Crippen molar-refractivity contribution in [2.75, 3.05) is 32.8 Å². The summed E-state index contributed by atoms with van der Waals surface area (Å²) in [4.78, 5) is 40.6. The summed E-state index contributed by atoms with van der Waals surface area (Å²) in [5.74, 6) is -0.251. The fourth-order valence-corrected chi connectivity index (χ4v) is 3.15. The number of nitrogens with one attached hydrogen (secondary N) is 1. The van der Waals surface area contributed by atoms with Gasteiger partial charge in [0.15, 0.2) is 0 Å². The molecule has 9 heteroatoms. The Morgan fingerprint density at radius 1 is 1.10 bits per heavy atom. The van der Waals surface area contributed by atoms with Gasteiger partial charge in [0.05, 0.1) is 18.2 Å². The molecule has 0 aromatic heterocycles. The highest BCUT2D eigenvalue weighted by molar-refractivity contribution is 5.86. The summed E-state index contributed by atoms with van der Waals surface area (Å²) in [6.07, 6.45) is -0.817. The van der Waals surface area contributed by atoms with E-state index in [1.807, 2.05) is 0 Å². The number of hydrogen-bond donors (Lipinski definition) is 1. The van der Waals surface area contributed by atoms with Crippen molar-refractivity contribution in [1.29, 1.82) is 5.26 Å². The first-order chi connectivity index (χ1) is 14.6. The molecule has 0 spiro atoms. The molecule has 9 nitrogen and oxygen atoms in total. The molecular formula is C22H30N4O5. The van der Waals surface area contributed by atoms with Crippen molar-refractivity contribution in [1.82, 2.24) is 15.1 Å². The van der Waals surface area contributed by atoms with Crippen molar-refractivity contribution in [3.63, 3.8) is 0 Å². The minimum atomic E-state index is -0.836. The van der Waals surface area contributed by atoms with E-state index in [4.69, 9.17) is 14.7 Å². The molecule has 1 aliphatic rings. The molecule has 1 saturated heterocycles. The van der Waals surface area contributed by atoms with E-state index in [9.17, 15) is 14.4 Å². The normalized spacial score (nSPS) is 14.9. The van der Waals surface area contributed by atoms with Gasteiger partial charge in [-0.05, 0) is 45.4 Å². The maximum absolute atomic E-state index is 13.2. The molecule has 1 aromatic carbocycles. The SMILES string of the molecule is CCOC(=O)N1CCN(C(=O)C(Cc2ccc(C#N)cc2)NC(=O)OC(C)(C)C)CC1.